The van der Waals surface area contributed by atoms with Crippen LogP contribution < -0.4 is 0 Å². The molecule has 0 aromatic heterocycles. The minimum atomic E-state index is -2.79. The zero-order valence-electron chi connectivity index (χ0n) is 9.21. The van der Waals surface area contributed by atoms with E-state index in [0.717, 1.165) is 32.1 Å². The van der Waals surface area contributed by atoms with E-state index in [-0.39, 0.29) is 11.1 Å². The molecule has 0 fully saturated rings. The van der Waals surface area contributed by atoms with Crippen LogP contribution in [0.2, 0.25) is 0 Å². The number of alkyl halides is 1. The number of halogens is 1. The van der Waals surface area contributed by atoms with Gasteiger partial charge >= 0.3 is 0 Å². The Bertz CT molecular complexity index is 319. The van der Waals surface area contributed by atoms with Gasteiger partial charge < -0.3 is 0 Å². The molecule has 0 spiro atoms. The van der Waals surface area contributed by atoms with E-state index in [0.29, 0.717) is 5.75 Å². The summed E-state index contributed by atoms with van der Waals surface area (Å²) >= 11 is 6.01. The summed E-state index contributed by atoms with van der Waals surface area (Å²) in [6.45, 7) is 1.70. The number of rotatable bonds is 5. The summed E-state index contributed by atoms with van der Waals surface area (Å²) in [4.78, 5) is 0. The third-order valence-electron chi connectivity index (χ3n) is 2.79. The summed E-state index contributed by atoms with van der Waals surface area (Å²) in [6.07, 6.45) is 7.02. The van der Waals surface area contributed by atoms with Crippen molar-refractivity contribution in [2.75, 3.05) is 11.5 Å². The molecule has 15 heavy (non-hydrogen) atoms. The highest BCUT2D eigenvalue weighted by Gasteiger charge is 2.12. The first-order valence-electron chi connectivity index (χ1n) is 5.57. The van der Waals surface area contributed by atoms with Crippen molar-refractivity contribution in [3.63, 3.8) is 0 Å². The molecule has 2 nitrogen and oxygen atoms in total. The third kappa shape index (κ3) is 5.03. The predicted molar refractivity (Wildman–Crippen MR) is 65.1 cm³/mol. The average Bonchev–Trinajstić information content (AvgIpc) is 2.18. The maximum atomic E-state index is 11.3. The fourth-order valence-corrected chi connectivity index (χ4v) is 3.02. The van der Waals surface area contributed by atoms with Gasteiger partial charge in [0.15, 0.2) is 0 Å². The Morgan fingerprint density at radius 2 is 2.27 bits per heavy atom. The molecule has 1 aliphatic rings. The Hall–Kier alpha value is -0.0200. The van der Waals surface area contributed by atoms with Gasteiger partial charge in [-0.15, -0.1) is 11.6 Å². The molecule has 0 N–H and O–H groups in total. The smallest absolute Gasteiger partial charge is 0.150 e. The van der Waals surface area contributed by atoms with Crippen LogP contribution in [-0.2, 0) is 9.84 Å². The van der Waals surface area contributed by atoms with Crippen LogP contribution >= 0.6 is 11.6 Å². The van der Waals surface area contributed by atoms with Crippen molar-refractivity contribution in [2.24, 2.45) is 0 Å². The molecule has 1 atom stereocenters. The molecule has 0 heterocycles. The van der Waals surface area contributed by atoms with Gasteiger partial charge in [-0.25, -0.2) is 8.42 Å². The van der Waals surface area contributed by atoms with E-state index in [2.05, 4.69) is 6.08 Å². The van der Waals surface area contributed by atoms with Gasteiger partial charge in [-0.2, -0.15) is 0 Å². The summed E-state index contributed by atoms with van der Waals surface area (Å²) in [7, 11) is -2.79. The second-order valence-corrected chi connectivity index (χ2v) is 7.11. The van der Waals surface area contributed by atoms with E-state index < -0.39 is 9.84 Å². The number of hydrogen-bond acceptors (Lipinski definition) is 2. The highest BCUT2D eigenvalue weighted by molar-refractivity contribution is 7.91. The summed E-state index contributed by atoms with van der Waals surface area (Å²) in [5, 5.41) is 0.163. The molecular weight excluding hydrogens is 232 g/mol. The van der Waals surface area contributed by atoms with Crippen LogP contribution in [0.25, 0.3) is 0 Å². The topological polar surface area (TPSA) is 34.1 Å². The Morgan fingerprint density at radius 1 is 1.53 bits per heavy atom. The van der Waals surface area contributed by atoms with Crippen LogP contribution in [0.1, 0.15) is 39.0 Å². The van der Waals surface area contributed by atoms with Crippen LogP contribution in [-0.4, -0.2) is 25.3 Å². The largest absolute Gasteiger partial charge is 0.229 e. The molecule has 0 bridgehead atoms. The Labute approximate surface area is 97.6 Å². The average molecular weight is 251 g/mol. The van der Waals surface area contributed by atoms with Gasteiger partial charge in [0.05, 0.1) is 11.1 Å². The monoisotopic (exact) mass is 250 g/mol. The van der Waals surface area contributed by atoms with Crippen LogP contribution in [0.5, 0.6) is 0 Å². The standard InChI is InChI=1S/C11H19ClO2S/c1-2-15(13,14)8-4-6-10-5-3-7-11(12)9-10/h9,11H,2-8H2,1H3. The van der Waals surface area contributed by atoms with Crippen LogP contribution in [0.15, 0.2) is 11.6 Å². The molecule has 1 unspecified atom stereocenters. The molecule has 0 aromatic carbocycles. The van der Waals surface area contributed by atoms with Gasteiger partial charge in [-0.05, 0) is 32.1 Å². The van der Waals surface area contributed by atoms with Crippen molar-refractivity contribution in [3.05, 3.63) is 11.6 Å². The third-order valence-corrected chi connectivity index (χ3v) is 4.92. The van der Waals surface area contributed by atoms with E-state index in [1.54, 1.807) is 6.92 Å². The maximum Gasteiger partial charge on any atom is 0.150 e. The zero-order chi connectivity index (χ0) is 11.3. The highest BCUT2D eigenvalue weighted by atomic mass is 35.5. The molecule has 1 rings (SSSR count). The van der Waals surface area contributed by atoms with E-state index in [4.69, 9.17) is 11.6 Å². The SMILES string of the molecule is CCS(=O)(=O)CCCC1=CC(Cl)CCC1. The van der Waals surface area contributed by atoms with Crippen LogP contribution in [0.3, 0.4) is 0 Å². The fourth-order valence-electron chi connectivity index (χ4n) is 1.82. The second kappa shape index (κ2) is 5.90. The molecule has 0 saturated heterocycles. The number of sulfone groups is 1. The molecule has 0 saturated carbocycles. The molecular formula is C11H19ClO2S. The van der Waals surface area contributed by atoms with Gasteiger partial charge in [0, 0.05) is 5.75 Å². The quantitative estimate of drug-likeness (QED) is 0.555. The normalized spacial score (nSPS) is 22.5. The summed E-state index contributed by atoms with van der Waals surface area (Å²) in [5.74, 6) is 0.567. The predicted octanol–water partition coefficient (Wildman–Crippen LogP) is 2.92. The molecule has 0 radical (unpaired) electrons. The molecule has 4 heteroatoms. The first-order valence-corrected chi connectivity index (χ1v) is 7.83. The van der Waals surface area contributed by atoms with Gasteiger partial charge in [-0.3, -0.25) is 0 Å². The Balaban J connectivity index is 2.32. The maximum absolute atomic E-state index is 11.3. The van der Waals surface area contributed by atoms with Gasteiger partial charge in [0.1, 0.15) is 9.84 Å². The van der Waals surface area contributed by atoms with Crippen molar-refractivity contribution >= 4 is 21.4 Å². The lowest BCUT2D eigenvalue weighted by atomic mass is 9.96. The molecule has 0 amide bonds. The summed E-state index contributed by atoms with van der Waals surface area (Å²) in [5.41, 5.74) is 1.34. The van der Waals surface area contributed by atoms with Crippen LogP contribution in [0.4, 0.5) is 0 Å². The van der Waals surface area contributed by atoms with E-state index in [1.807, 2.05) is 0 Å². The van der Waals surface area contributed by atoms with E-state index in [9.17, 15) is 8.42 Å². The first-order chi connectivity index (χ1) is 7.03. The summed E-state index contributed by atoms with van der Waals surface area (Å²) < 4.78 is 22.5. The Morgan fingerprint density at radius 3 is 2.87 bits per heavy atom. The van der Waals surface area contributed by atoms with Crippen molar-refractivity contribution in [3.8, 4) is 0 Å². The van der Waals surface area contributed by atoms with Gasteiger partial charge in [0.2, 0.25) is 0 Å². The van der Waals surface area contributed by atoms with Gasteiger partial charge in [-0.1, -0.05) is 18.6 Å². The molecule has 1 aliphatic carbocycles. The molecule has 0 aromatic rings. The fraction of sp³-hybridized carbons (Fsp3) is 0.818. The van der Waals surface area contributed by atoms with Crippen molar-refractivity contribution in [1.82, 2.24) is 0 Å². The number of hydrogen-bond donors (Lipinski definition) is 0. The minimum absolute atomic E-state index is 0.163. The zero-order valence-corrected chi connectivity index (χ0v) is 10.8. The molecule has 0 aliphatic heterocycles. The second-order valence-electron chi connectivity index (χ2n) is 4.07. The highest BCUT2D eigenvalue weighted by Crippen LogP contribution is 2.24. The molecule has 88 valence electrons. The van der Waals surface area contributed by atoms with E-state index in [1.165, 1.54) is 5.57 Å². The van der Waals surface area contributed by atoms with Gasteiger partial charge in [0.25, 0.3) is 0 Å². The lowest BCUT2D eigenvalue weighted by Gasteiger charge is -2.16. The Kier molecular flexibility index (Phi) is 5.13. The number of allylic oxidation sites excluding steroid dienone is 2. The van der Waals surface area contributed by atoms with Crippen molar-refractivity contribution < 1.29 is 8.42 Å². The van der Waals surface area contributed by atoms with Crippen molar-refractivity contribution in [2.45, 2.75) is 44.4 Å². The van der Waals surface area contributed by atoms with Crippen LogP contribution in [0, 0.1) is 0 Å². The summed E-state index contributed by atoms with van der Waals surface area (Å²) in [6, 6.07) is 0. The van der Waals surface area contributed by atoms with Crippen molar-refractivity contribution in [1.29, 1.82) is 0 Å². The first kappa shape index (κ1) is 13.0. The van der Waals surface area contributed by atoms with E-state index >= 15 is 0 Å². The lowest BCUT2D eigenvalue weighted by Crippen LogP contribution is -2.10. The minimum Gasteiger partial charge on any atom is -0.229 e. The lowest BCUT2D eigenvalue weighted by molar-refractivity contribution is 0.593.